The predicted molar refractivity (Wildman–Crippen MR) is 55.0 cm³/mol. The monoisotopic (exact) mass is 201 g/mol. The van der Waals surface area contributed by atoms with E-state index >= 15 is 0 Å². The molecule has 0 spiro atoms. The van der Waals surface area contributed by atoms with Crippen LogP contribution in [0.1, 0.15) is 5.82 Å². The Kier molecular flexibility index (Phi) is 1.96. The Bertz CT molecular complexity index is 438. The van der Waals surface area contributed by atoms with Crippen molar-refractivity contribution in [3.05, 3.63) is 30.4 Å². The van der Waals surface area contributed by atoms with Gasteiger partial charge in [-0.25, -0.2) is 9.67 Å². The van der Waals surface area contributed by atoms with Gasteiger partial charge < -0.3 is 5.32 Å². The minimum Gasteiger partial charge on any atom is -0.308 e. The molecule has 0 aromatic carbocycles. The summed E-state index contributed by atoms with van der Waals surface area (Å²) in [4.78, 5) is 8.53. The van der Waals surface area contributed by atoms with Crippen LogP contribution in [0.5, 0.6) is 0 Å². The maximum atomic E-state index is 4.47. The maximum Gasteiger partial charge on any atom is 0.182 e. The molecule has 0 saturated heterocycles. The number of hydrogen-bond acceptors (Lipinski definition) is 4. The molecule has 0 radical (unpaired) electrons. The molecule has 0 saturated carbocycles. The van der Waals surface area contributed by atoms with Crippen molar-refractivity contribution in [1.29, 1.82) is 0 Å². The number of fused-ring (bicyclic) bond motifs is 1. The number of rotatable bonds is 1. The average Bonchev–Trinajstić information content (AvgIpc) is 2.74. The fraction of sp³-hybridized carbons (Fsp3) is 0.300. The normalized spacial score (nSPS) is 14.9. The Hall–Kier alpha value is -1.75. The highest BCUT2D eigenvalue weighted by atomic mass is 15.4. The number of aromatic nitrogens is 4. The van der Waals surface area contributed by atoms with Crippen molar-refractivity contribution >= 4 is 0 Å². The Morgan fingerprint density at radius 1 is 1.40 bits per heavy atom. The van der Waals surface area contributed by atoms with Gasteiger partial charge in [-0.05, 0) is 12.1 Å². The second-order valence-electron chi connectivity index (χ2n) is 3.49. The van der Waals surface area contributed by atoms with Gasteiger partial charge in [-0.2, -0.15) is 5.10 Å². The SMILES string of the molecule is c1cncc(-c2nc3n(n2)CCNC3)c1. The quantitative estimate of drug-likeness (QED) is 0.727. The lowest BCUT2D eigenvalue weighted by Gasteiger charge is -2.11. The Labute approximate surface area is 87.2 Å². The molecule has 0 fully saturated rings. The number of hydrogen-bond donors (Lipinski definition) is 1. The first-order chi connectivity index (χ1) is 7.43. The molecule has 1 aliphatic rings. The van der Waals surface area contributed by atoms with Crippen LogP contribution < -0.4 is 5.32 Å². The van der Waals surface area contributed by atoms with Gasteiger partial charge in [-0.15, -0.1) is 0 Å². The molecule has 5 heteroatoms. The van der Waals surface area contributed by atoms with Gasteiger partial charge in [0.25, 0.3) is 0 Å². The van der Waals surface area contributed by atoms with Crippen LogP contribution in [0.3, 0.4) is 0 Å². The van der Waals surface area contributed by atoms with Crippen molar-refractivity contribution in [2.24, 2.45) is 0 Å². The van der Waals surface area contributed by atoms with Crippen molar-refractivity contribution in [2.75, 3.05) is 6.54 Å². The van der Waals surface area contributed by atoms with E-state index in [4.69, 9.17) is 0 Å². The highest BCUT2D eigenvalue weighted by Crippen LogP contribution is 2.14. The van der Waals surface area contributed by atoms with Crippen LogP contribution in [0.4, 0.5) is 0 Å². The zero-order chi connectivity index (χ0) is 10.1. The molecule has 3 rings (SSSR count). The molecule has 76 valence electrons. The third-order valence-corrected chi connectivity index (χ3v) is 2.45. The lowest BCUT2D eigenvalue weighted by molar-refractivity contribution is 0.469. The first kappa shape index (κ1) is 8.55. The molecule has 3 heterocycles. The van der Waals surface area contributed by atoms with Crippen molar-refractivity contribution in [2.45, 2.75) is 13.1 Å². The summed E-state index contributed by atoms with van der Waals surface area (Å²) in [5.41, 5.74) is 0.972. The molecule has 1 N–H and O–H groups in total. The van der Waals surface area contributed by atoms with Gasteiger partial charge in [0.2, 0.25) is 0 Å². The van der Waals surface area contributed by atoms with E-state index < -0.39 is 0 Å². The standard InChI is InChI=1S/C10H11N5/c1-2-8(6-11-3-1)10-13-9-7-12-4-5-15(9)14-10/h1-3,6,12H,4-5,7H2. The maximum absolute atomic E-state index is 4.47. The third kappa shape index (κ3) is 1.50. The van der Waals surface area contributed by atoms with E-state index in [1.54, 1.807) is 12.4 Å². The highest BCUT2D eigenvalue weighted by Gasteiger charge is 2.13. The summed E-state index contributed by atoms with van der Waals surface area (Å²) >= 11 is 0. The van der Waals surface area contributed by atoms with Gasteiger partial charge in [-0.1, -0.05) is 0 Å². The fourth-order valence-electron chi connectivity index (χ4n) is 1.69. The summed E-state index contributed by atoms with van der Waals surface area (Å²) in [5.74, 6) is 1.77. The van der Waals surface area contributed by atoms with E-state index in [2.05, 4.69) is 20.4 Å². The highest BCUT2D eigenvalue weighted by molar-refractivity contribution is 5.52. The Morgan fingerprint density at radius 2 is 2.40 bits per heavy atom. The van der Waals surface area contributed by atoms with Crippen molar-refractivity contribution in [3.63, 3.8) is 0 Å². The van der Waals surface area contributed by atoms with Gasteiger partial charge in [0.05, 0.1) is 13.1 Å². The van der Waals surface area contributed by atoms with E-state index in [0.717, 1.165) is 36.8 Å². The van der Waals surface area contributed by atoms with Crippen LogP contribution >= 0.6 is 0 Å². The second-order valence-corrected chi connectivity index (χ2v) is 3.49. The first-order valence-corrected chi connectivity index (χ1v) is 4.98. The van der Waals surface area contributed by atoms with E-state index in [0.29, 0.717) is 0 Å². The largest absolute Gasteiger partial charge is 0.308 e. The topological polar surface area (TPSA) is 55.6 Å². The molecular weight excluding hydrogens is 190 g/mol. The van der Waals surface area contributed by atoms with Crippen molar-refractivity contribution in [1.82, 2.24) is 25.1 Å². The smallest absolute Gasteiger partial charge is 0.182 e. The number of nitrogens with one attached hydrogen (secondary N) is 1. The molecule has 2 aromatic rings. The lowest BCUT2D eigenvalue weighted by Crippen LogP contribution is -2.28. The predicted octanol–water partition coefficient (Wildman–Crippen LogP) is 0.443. The first-order valence-electron chi connectivity index (χ1n) is 4.98. The minimum atomic E-state index is 0.766. The molecule has 0 atom stereocenters. The second kappa shape index (κ2) is 3.43. The summed E-state index contributed by atoms with van der Waals surface area (Å²) in [6.45, 7) is 2.65. The molecule has 2 aromatic heterocycles. The van der Waals surface area contributed by atoms with Gasteiger partial charge in [0, 0.05) is 24.5 Å². The summed E-state index contributed by atoms with van der Waals surface area (Å²) in [5, 5.41) is 7.71. The van der Waals surface area contributed by atoms with Crippen molar-refractivity contribution < 1.29 is 0 Å². The summed E-state index contributed by atoms with van der Waals surface area (Å²) in [7, 11) is 0. The van der Waals surface area contributed by atoms with E-state index in [-0.39, 0.29) is 0 Å². The van der Waals surface area contributed by atoms with E-state index in [1.165, 1.54) is 0 Å². The number of pyridine rings is 1. The number of nitrogens with zero attached hydrogens (tertiary/aromatic N) is 4. The van der Waals surface area contributed by atoms with Crippen molar-refractivity contribution in [3.8, 4) is 11.4 Å². The molecular formula is C10H11N5. The Morgan fingerprint density at radius 3 is 3.20 bits per heavy atom. The molecule has 15 heavy (non-hydrogen) atoms. The lowest BCUT2D eigenvalue weighted by atomic mass is 10.3. The van der Waals surface area contributed by atoms with Crippen LogP contribution in [0.2, 0.25) is 0 Å². The zero-order valence-electron chi connectivity index (χ0n) is 8.22. The molecule has 5 nitrogen and oxygen atoms in total. The molecule has 0 bridgehead atoms. The van der Waals surface area contributed by atoms with Gasteiger partial charge in [-0.3, -0.25) is 4.98 Å². The summed E-state index contributed by atoms with van der Waals surface area (Å²) in [6, 6.07) is 3.87. The molecule has 0 unspecified atom stereocenters. The summed E-state index contributed by atoms with van der Waals surface area (Å²) in [6.07, 6.45) is 3.54. The average molecular weight is 201 g/mol. The van der Waals surface area contributed by atoms with Crippen LogP contribution in [0, 0.1) is 0 Å². The van der Waals surface area contributed by atoms with E-state index in [9.17, 15) is 0 Å². The van der Waals surface area contributed by atoms with Crippen LogP contribution in [0.15, 0.2) is 24.5 Å². The van der Waals surface area contributed by atoms with Crippen LogP contribution in [0.25, 0.3) is 11.4 Å². The van der Waals surface area contributed by atoms with Gasteiger partial charge in [0.1, 0.15) is 5.82 Å². The fourth-order valence-corrected chi connectivity index (χ4v) is 1.69. The minimum absolute atomic E-state index is 0.766. The van der Waals surface area contributed by atoms with Gasteiger partial charge in [0.15, 0.2) is 5.82 Å². The van der Waals surface area contributed by atoms with Crippen LogP contribution in [-0.2, 0) is 13.1 Å². The third-order valence-electron chi connectivity index (χ3n) is 2.45. The van der Waals surface area contributed by atoms with Gasteiger partial charge >= 0.3 is 0 Å². The molecule has 1 aliphatic heterocycles. The van der Waals surface area contributed by atoms with Crippen LogP contribution in [-0.4, -0.2) is 26.3 Å². The molecule has 0 aliphatic carbocycles. The summed E-state index contributed by atoms with van der Waals surface area (Å²) < 4.78 is 1.96. The van der Waals surface area contributed by atoms with E-state index in [1.807, 2.05) is 16.8 Å². The zero-order valence-corrected chi connectivity index (χ0v) is 8.22. The Balaban J connectivity index is 2.03. The molecule has 0 amide bonds.